The monoisotopic (exact) mass is 609 g/mol. The number of hydrogen-bond acceptors (Lipinski definition) is 12. The van der Waals surface area contributed by atoms with Gasteiger partial charge in [-0.15, -0.1) is 18.2 Å². The second-order valence-corrected chi connectivity index (χ2v) is 11.9. The van der Waals surface area contributed by atoms with Gasteiger partial charge in [0.1, 0.15) is 28.9 Å². The summed E-state index contributed by atoms with van der Waals surface area (Å²) in [5.74, 6) is -0.0632. The third kappa shape index (κ3) is 6.48. The Morgan fingerprint density at radius 2 is 2.05 bits per heavy atom. The minimum atomic E-state index is -4.24. The van der Waals surface area contributed by atoms with Crippen molar-refractivity contribution in [3.8, 4) is 5.75 Å². The van der Waals surface area contributed by atoms with E-state index >= 15 is 0 Å². The normalized spacial score (nSPS) is 24.6. The Labute approximate surface area is 241 Å². The molecule has 41 heavy (non-hydrogen) atoms. The molecule has 1 saturated heterocycles. The third-order valence-electron chi connectivity index (χ3n) is 6.16. The number of aliphatic hydroxyl groups excluding tert-OH is 1. The average molecular weight is 610 g/mol. The van der Waals surface area contributed by atoms with E-state index in [-0.39, 0.29) is 17.8 Å². The van der Waals surface area contributed by atoms with Crippen LogP contribution in [0.5, 0.6) is 5.75 Å². The lowest BCUT2D eigenvalue weighted by molar-refractivity contribution is -0.149. The molecule has 1 aliphatic heterocycles. The fraction of sp³-hybridized carbons (Fsp3) is 0.440. The molecule has 4 rings (SSSR count). The van der Waals surface area contributed by atoms with Gasteiger partial charge in [-0.1, -0.05) is 24.3 Å². The van der Waals surface area contributed by atoms with Gasteiger partial charge in [0.05, 0.1) is 19.0 Å². The fourth-order valence-corrected chi connectivity index (χ4v) is 5.99. The maximum absolute atomic E-state index is 13.9. The molecule has 0 amide bonds. The Bertz CT molecular complexity index is 1440. The van der Waals surface area contributed by atoms with Gasteiger partial charge < -0.3 is 30.2 Å². The number of hydrogen-bond donors (Lipinski definition) is 4. The van der Waals surface area contributed by atoms with E-state index in [1.54, 1.807) is 51.2 Å². The number of fused-ring (bicyclic) bond motifs is 1. The van der Waals surface area contributed by atoms with Gasteiger partial charge in [0.15, 0.2) is 23.2 Å². The molecule has 16 heteroatoms. The van der Waals surface area contributed by atoms with Gasteiger partial charge >= 0.3 is 13.7 Å². The molecular formula is C25H33ClN7O7P. The number of nitrogen functional groups attached to an aromatic ring is 1. The highest BCUT2D eigenvalue weighted by Gasteiger charge is 2.55. The van der Waals surface area contributed by atoms with Crippen molar-refractivity contribution in [2.45, 2.75) is 56.2 Å². The molecule has 14 nitrogen and oxygen atoms in total. The first-order chi connectivity index (χ1) is 19.4. The number of halogens is 1. The van der Waals surface area contributed by atoms with E-state index in [1.807, 2.05) is 0 Å². The van der Waals surface area contributed by atoms with Crippen LogP contribution in [0.15, 0.2) is 49.3 Å². The maximum Gasteiger partial charge on any atom is 0.459 e. The number of nitrogens with one attached hydrogen (secondary N) is 2. The highest BCUT2D eigenvalue weighted by molar-refractivity contribution is 7.52. The molecule has 1 fully saturated rings. The third-order valence-corrected chi connectivity index (χ3v) is 8.37. The van der Waals surface area contributed by atoms with Crippen molar-refractivity contribution in [3.05, 3.63) is 49.3 Å². The summed E-state index contributed by atoms with van der Waals surface area (Å²) in [6.07, 6.45) is -1.21. The van der Waals surface area contributed by atoms with Crippen LogP contribution in [0.2, 0.25) is 0 Å². The van der Waals surface area contributed by atoms with Gasteiger partial charge in [-0.3, -0.25) is 13.9 Å². The number of nitrogens with zero attached hydrogens (tertiary/aromatic N) is 4. The molecule has 2 aromatic heterocycles. The molecule has 1 unspecified atom stereocenters. The predicted octanol–water partition coefficient (Wildman–Crippen LogP) is 3.01. The summed E-state index contributed by atoms with van der Waals surface area (Å²) in [6.45, 7) is 8.18. The summed E-state index contributed by atoms with van der Waals surface area (Å²) in [6, 6.07) is 7.21. The van der Waals surface area contributed by atoms with Gasteiger partial charge in [0.25, 0.3) is 0 Å². The summed E-state index contributed by atoms with van der Waals surface area (Å²) in [5.41, 5.74) is 6.57. The molecule has 5 N–H and O–H groups in total. The summed E-state index contributed by atoms with van der Waals surface area (Å²) in [5, 5.41) is 16.7. The zero-order chi connectivity index (χ0) is 29.9. The van der Waals surface area contributed by atoms with Crippen molar-refractivity contribution in [1.82, 2.24) is 24.6 Å². The SMILES string of the molecule is C=C[C@@]1(Cl)[C@H](O)[C@@H](COP(=O)(N[C@@H](C)C(=O)OC(C)C)Oc2ccccc2)O[C@H]1n1cnc2c(NC)nc(N)nc21. The molecule has 0 bridgehead atoms. The minimum Gasteiger partial charge on any atom is -0.462 e. The largest absolute Gasteiger partial charge is 0.462 e. The van der Waals surface area contributed by atoms with Crippen molar-refractivity contribution in [3.63, 3.8) is 0 Å². The smallest absolute Gasteiger partial charge is 0.459 e. The van der Waals surface area contributed by atoms with E-state index < -0.39 is 49.7 Å². The maximum atomic E-state index is 13.9. The first-order valence-electron chi connectivity index (χ1n) is 12.7. The number of aromatic nitrogens is 4. The molecule has 0 radical (unpaired) electrons. The van der Waals surface area contributed by atoms with E-state index in [0.717, 1.165) is 0 Å². The number of rotatable bonds is 12. The molecule has 0 aliphatic carbocycles. The molecular weight excluding hydrogens is 577 g/mol. The summed E-state index contributed by atoms with van der Waals surface area (Å²) in [4.78, 5) is 23.6. The van der Waals surface area contributed by atoms with Crippen molar-refractivity contribution >= 4 is 48.2 Å². The first kappa shape index (κ1) is 30.7. The Kier molecular flexibility index (Phi) is 9.22. The number of para-hydroxylation sites is 1. The lowest BCUT2D eigenvalue weighted by Crippen LogP contribution is -2.41. The van der Waals surface area contributed by atoms with Crippen molar-refractivity contribution < 1.29 is 33.0 Å². The lowest BCUT2D eigenvalue weighted by Gasteiger charge is -2.27. The zero-order valence-electron chi connectivity index (χ0n) is 22.9. The van der Waals surface area contributed by atoms with Crippen molar-refractivity contribution in [2.75, 3.05) is 24.7 Å². The number of imidazole rings is 1. The number of anilines is 2. The quantitative estimate of drug-likeness (QED) is 0.102. The van der Waals surface area contributed by atoms with Crippen LogP contribution in [-0.2, 0) is 23.4 Å². The van der Waals surface area contributed by atoms with E-state index in [4.69, 9.17) is 35.9 Å². The van der Waals surface area contributed by atoms with Crippen LogP contribution in [-0.4, -0.2) is 73.5 Å². The van der Waals surface area contributed by atoms with Crippen LogP contribution in [0.4, 0.5) is 11.8 Å². The van der Waals surface area contributed by atoms with Gasteiger partial charge in [-0.25, -0.2) is 9.55 Å². The van der Waals surface area contributed by atoms with Crippen LogP contribution < -0.4 is 20.7 Å². The first-order valence-corrected chi connectivity index (χ1v) is 14.6. The van der Waals surface area contributed by atoms with Crippen LogP contribution in [0.3, 0.4) is 0 Å². The predicted molar refractivity (Wildman–Crippen MR) is 152 cm³/mol. The summed E-state index contributed by atoms with van der Waals surface area (Å²) >= 11 is 6.86. The number of carbonyl (C=O) groups is 1. The van der Waals surface area contributed by atoms with E-state index in [9.17, 15) is 14.5 Å². The molecule has 222 valence electrons. The second kappa shape index (κ2) is 12.3. The van der Waals surface area contributed by atoms with Crippen LogP contribution in [0.25, 0.3) is 11.2 Å². The minimum absolute atomic E-state index is 0.0176. The lowest BCUT2D eigenvalue weighted by atomic mass is 9.99. The number of nitrogens with two attached hydrogens (primary N) is 1. The van der Waals surface area contributed by atoms with Gasteiger partial charge in [-0.2, -0.15) is 15.1 Å². The molecule has 0 saturated carbocycles. The fourth-order valence-electron chi connectivity index (χ4n) is 4.19. The van der Waals surface area contributed by atoms with Crippen LogP contribution >= 0.6 is 19.3 Å². The number of esters is 1. The van der Waals surface area contributed by atoms with Crippen molar-refractivity contribution in [2.24, 2.45) is 0 Å². The molecule has 6 atom stereocenters. The highest BCUT2D eigenvalue weighted by atomic mass is 35.5. The van der Waals surface area contributed by atoms with Crippen LogP contribution in [0, 0.1) is 0 Å². The molecule has 1 aliphatic rings. The molecule has 3 heterocycles. The van der Waals surface area contributed by atoms with Gasteiger partial charge in [-0.05, 0) is 32.9 Å². The zero-order valence-corrected chi connectivity index (χ0v) is 24.6. The second-order valence-electron chi connectivity index (χ2n) is 9.54. The molecule has 0 spiro atoms. The van der Waals surface area contributed by atoms with Crippen molar-refractivity contribution in [1.29, 1.82) is 0 Å². The number of aliphatic hydroxyl groups is 1. The Hall–Kier alpha value is -3.26. The topological polar surface area (TPSA) is 185 Å². The summed E-state index contributed by atoms with van der Waals surface area (Å²) < 4.78 is 38.1. The molecule has 1 aromatic carbocycles. The number of alkyl halides is 1. The highest BCUT2D eigenvalue weighted by Crippen LogP contribution is 2.49. The van der Waals surface area contributed by atoms with Gasteiger partial charge in [0, 0.05) is 7.05 Å². The standard InChI is InChI=1S/C25H33ClN7O7P/c1-6-25(26)19(34)17(39-23(25)33-13-29-18-20(28-5)30-24(27)31-21(18)33)12-37-41(36,40-16-10-8-7-9-11-16)32-15(4)22(35)38-14(2)3/h6-11,13-15,17,19,23,34H,1,12H2,2-5H3,(H,32,36)(H3,27,28,30,31)/t15-,17+,19+,23+,25+,41?/m0/s1. The van der Waals surface area contributed by atoms with Gasteiger partial charge in [0.2, 0.25) is 5.95 Å². The van der Waals surface area contributed by atoms with E-state index in [0.29, 0.717) is 17.0 Å². The summed E-state index contributed by atoms with van der Waals surface area (Å²) in [7, 11) is -2.58. The average Bonchev–Trinajstić information content (AvgIpc) is 3.45. The Morgan fingerprint density at radius 3 is 2.68 bits per heavy atom. The Balaban J connectivity index is 1.59. The number of benzene rings is 1. The Morgan fingerprint density at radius 1 is 1.34 bits per heavy atom. The van der Waals surface area contributed by atoms with E-state index in [1.165, 1.54) is 23.9 Å². The van der Waals surface area contributed by atoms with Crippen LogP contribution in [0.1, 0.15) is 27.0 Å². The number of ether oxygens (including phenoxy) is 2. The number of carbonyl (C=O) groups excluding carboxylic acids is 1. The molecule has 3 aromatic rings. The van der Waals surface area contributed by atoms with E-state index in [2.05, 4.69) is 31.9 Å².